The number of nitriles is 1. The van der Waals surface area contributed by atoms with Crippen molar-refractivity contribution in [3.63, 3.8) is 0 Å². The molecular weight excluding hydrogens is 656 g/mol. The lowest BCUT2D eigenvalue weighted by molar-refractivity contribution is -0.132. The molecule has 0 aromatic heterocycles. The molecule has 0 N–H and O–H groups in total. The standard InChI is InChI=1S/C38H38N4O9/c1-18-11-21-12-25-27(14-39)42-26(31(40(25)4)29(21)35(32(18)47-6)48-16-46-5)13-24-30(36-34(49-17-50-36)19(2)33(24)51-20(3)43)28(42)15-41-37(44)22-9-7-8-10-23(22)38(41)45/h7-11,25-28,31H,12-13,15-17H2,1-6H3/t25-,26+,27+,28+,31+/m1/s1. The third-order valence-corrected chi connectivity index (χ3v) is 11.0. The zero-order chi connectivity index (χ0) is 35.9. The van der Waals surface area contributed by atoms with Crippen LogP contribution in [0.1, 0.15) is 73.1 Å². The number of ether oxygens (including phenoxy) is 6. The van der Waals surface area contributed by atoms with E-state index < -0.39 is 35.9 Å². The van der Waals surface area contributed by atoms with Gasteiger partial charge in [0.05, 0.1) is 36.4 Å². The second-order valence-corrected chi connectivity index (χ2v) is 13.6. The summed E-state index contributed by atoms with van der Waals surface area (Å²) in [6, 6.07) is 9.05. The van der Waals surface area contributed by atoms with Gasteiger partial charge in [-0.1, -0.05) is 18.2 Å². The smallest absolute Gasteiger partial charge is 0.308 e. The quantitative estimate of drug-likeness (QED) is 0.153. The fourth-order valence-corrected chi connectivity index (χ4v) is 9.10. The molecule has 5 aliphatic heterocycles. The topological polar surface area (TPSA) is 140 Å². The first kappa shape index (κ1) is 33.0. The summed E-state index contributed by atoms with van der Waals surface area (Å²) >= 11 is 0. The van der Waals surface area contributed by atoms with E-state index in [1.54, 1.807) is 38.5 Å². The van der Waals surface area contributed by atoms with Crippen LogP contribution in [0.25, 0.3) is 0 Å². The Morgan fingerprint density at radius 2 is 1.69 bits per heavy atom. The van der Waals surface area contributed by atoms with E-state index in [1.165, 1.54) is 11.8 Å². The van der Waals surface area contributed by atoms with Gasteiger partial charge in [0.15, 0.2) is 29.8 Å². The number of benzene rings is 3. The molecular formula is C38H38N4O9. The number of aryl methyl sites for hydroxylation is 1. The number of imide groups is 1. The maximum absolute atomic E-state index is 13.9. The molecule has 8 rings (SSSR count). The van der Waals surface area contributed by atoms with E-state index >= 15 is 0 Å². The van der Waals surface area contributed by atoms with Gasteiger partial charge in [-0.15, -0.1) is 0 Å². The third kappa shape index (κ3) is 4.73. The Kier molecular flexibility index (Phi) is 7.94. The van der Waals surface area contributed by atoms with E-state index in [0.29, 0.717) is 69.4 Å². The molecule has 5 atom stereocenters. The van der Waals surface area contributed by atoms with Crippen molar-refractivity contribution in [1.82, 2.24) is 14.7 Å². The first-order valence-electron chi connectivity index (χ1n) is 16.9. The normalized spacial score (nSPS) is 24.3. The molecule has 5 heterocycles. The van der Waals surface area contributed by atoms with Crippen LogP contribution < -0.4 is 23.7 Å². The van der Waals surface area contributed by atoms with Gasteiger partial charge >= 0.3 is 5.97 Å². The number of rotatable bonds is 7. The molecule has 13 nitrogen and oxygen atoms in total. The van der Waals surface area contributed by atoms with Gasteiger partial charge in [0.2, 0.25) is 6.79 Å². The number of methoxy groups -OCH3 is 2. The van der Waals surface area contributed by atoms with Crippen LogP contribution in [0.3, 0.4) is 0 Å². The SMILES string of the molecule is COCOc1c(OC)c(C)cc2c1[C@@H]1[C@@H]3Cc4c(OC(C)=O)c(C)c5c(c4[C@H](CN4C(=O)c6ccccc6C4=O)N3[C@@H](C#N)[C@@H](C2)N1C)OCO5. The molecule has 3 aromatic carbocycles. The van der Waals surface area contributed by atoms with Crippen molar-refractivity contribution < 1.29 is 42.8 Å². The molecule has 3 aromatic rings. The summed E-state index contributed by atoms with van der Waals surface area (Å²) in [5.74, 6) is 1.05. The maximum Gasteiger partial charge on any atom is 0.308 e. The summed E-state index contributed by atoms with van der Waals surface area (Å²) in [5, 5.41) is 11.0. The Labute approximate surface area is 295 Å². The second kappa shape index (κ2) is 12.3. The third-order valence-electron chi connectivity index (χ3n) is 11.0. The van der Waals surface area contributed by atoms with Crippen molar-refractivity contribution in [2.75, 3.05) is 41.4 Å². The van der Waals surface area contributed by atoms with Crippen LogP contribution >= 0.6 is 0 Å². The molecule has 0 spiro atoms. The number of hydrogen-bond acceptors (Lipinski definition) is 12. The Bertz CT molecular complexity index is 2020. The number of hydrogen-bond donors (Lipinski definition) is 0. The van der Waals surface area contributed by atoms with E-state index in [2.05, 4.69) is 21.9 Å². The van der Waals surface area contributed by atoms with E-state index in [4.69, 9.17) is 28.4 Å². The number of carbonyl (C=O) groups is 3. The van der Waals surface area contributed by atoms with Gasteiger partial charge in [-0.2, -0.15) is 5.26 Å². The monoisotopic (exact) mass is 694 g/mol. The zero-order valence-electron chi connectivity index (χ0n) is 29.3. The van der Waals surface area contributed by atoms with E-state index in [0.717, 1.165) is 16.7 Å². The molecule has 2 bridgehead atoms. The first-order chi connectivity index (χ1) is 24.6. The predicted octanol–water partition coefficient (Wildman–Crippen LogP) is 4.02. The lowest BCUT2D eigenvalue weighted by atomic mass is 9.71. The van der Waals surface area contributed by atoms with Gasteiger partial charge in [-0.25, -0.2) is 0 Å². The van der Waals surface area contributed by atoms with Gasteiger partial charge in [0.25, 0.3) is 11.8 Å². The van der Waals surface area contributed by atoms with Gasteiger partial charge in [0.1, 0.15) is 11.8 Å². The van der Waals surface area contributed by atoms with E-state index in [9.17, 15) is 19.6 Å². The number of amides is 2. The summed E-state index contributed by atoms with van der Waals surface area (Å²) in [6.07, 6.45) is 0.877. The van der Waals surface area contributed by atoms with Crippen molar-refractivity contribution in [2.45, 2.75) is 63.8 Å². The molecule has 5 aliphatic rings. The second-order valence-electron chi connectivity index (χ2n) is 13.6. The van der Waals surface area contributed by atoms with Crippen molar-refractivity contribution in [3.8, 4) is 34.8 Å². The Hall–Kier alpha value is -5.16. The van der Waals surface area contributed by atoms with Crippen LogP contribution in [0, 0.1) is 25.2 Å². The van der Waals surface area contributed by atoms with Crippen LogP contribution in [-0.2, 0) is 22.4 Å². The fraction of sp³-hybridized carbons (Fsp3) is 0.421. The molecule has 13 heteroatoms. The summed E-state index contributed by atoms with van der Waals surface area (Å²) < 4.78 is 35.6. The summed E-state index contributed by atoms with van der Waals surface area (Å²) in [4.78, 5) is 46.1. The predicted molar refractivity (Wildman–Crippen MR) is 180 cm³/mol. The lowest BCUT2D eigenvalue weighted by Gasteiger charge is -2.60. The highest BCUT2D eigenvalue weighted by atomic mass is 16.7. The minimum atomic E-state index is -0.730. The van der Waals surface area contributed by atoms with Crippen molar-refractivity contribution >= 4 is 17.8 Å². The molecule has 51 heavy (non-hydrogen) atoms. The summed E-state index contributed by atoms with van der Waals surface area (Å²) in [7, 11) is 5.18. The van der Waals surface area contributed by atoms with E-state index in [-0.39, 0.29) is 32.2 Å². The van der Waals surface area contributed by atoms with Crippen molar-refractivity contribution in [1.29, 1.82) is 5.26 Å². The van der Waals surface area contributed by atoms with Crippen LogP contribution in [0.4, 0.5) is 0 Å². The fourth-order valence-electron chi connectivity index (χ4n) is 9.10. The Balaban J connectivity index is 1.38. The molecule has 1 saturated heterocycles. The first-order valence-corrected chi connectivity index (χ1v) is 16.9. The molecule has 0 aliphatic carbocycles. The molecule has 264 valence electrons. The summed E-state index contributed by atoms with van der Waals surface area (Å²) in [5.41, 5.74) is 5.44. The lowest BCUT2D eigenvalue weighted by Crippen LogP contribution is -2.69. The number of esters is 1. The van der Waals surface area contributed by atoms with Crippen LogP contribution in [0.5, 0.6) is 28.7 Å². The van der Waals surface area contributed by atoms with Crippen molar-refractivity contribution in [3.05, 3.63) is 74.8 Å². The van der Waals surface area contributed by atoms with E-state index in [1.807, 2.05) is 20.9 Å². The zero-order valence-corrected chi connectivity index (χ0v) is 29.3. The average molecular weight is 695 g/mol. The Morgan fingerprint density at radius 3 is 2.33 bits per heavy atom. The Morgan fingerprint density at radius 1 is 0.980 bits per heavy atom. The largest absolute Gasteiger partial charge is 0.493 e. The minimum absolute atomic E-state index is 0.00815. The highest BCUT2D eigenvalue weighted by Gasteiger charge is 2.58. The van der Waals surface area contributed by atoms with Crippen LogP contribution in [-0.4, -0.2) is 92.0 Å². The highest BCUT2D eigenvalue weighted by Crippen LogP contribution is 2.59. The molecule has 0 radical (unpaired) electrons. The number of carbonyl (C=O) groups excluding carboxylic acids is 3. The maximum atomic E-state index is 13.9. The summed E-state index contributed by atoms with van der Waals surface area (Å²) in [6.45, 7) is 4.99. The number of piperazine rings is 1. The average Bonchev–Trinajstić information content (AvgIpc) is 3.69. The van der Waals surface area contributed by atoms with Crippen molar-refractivity contribution in [2.24, 2.45) is 0 Å². The van der Waals surface area contributed by atoms with Gasteiger partial charge in [0, 0.05) is 54.9 Å². The van der Waals surface area contributed by atoms with Gasteiger partial charge in [-0.3, -0.25) is 29.1 Å². The van der Waals surface area contributed by atoms with Gasteiger partial charge < -0.3 is 28.4 Å². The van der Waals surface area contributed by atoms with Gasteiger partial charge in [-0.05, 0) is 57.0 Å². The number of fused-ring (bicyclic) bond motifs is 10. The molecule has 1 fully saturated rings. The van der Waals surface area contributed by atoms with Crippen LogP contribution in [0.2, 0.25) is 0 Å². The van der Waals surface area contributed by atoms with Crippen LogP contribution in [0.15, 0.2) is 30.3 Å². The highest BCUT2D eigenvalue weighted by molar-refractivity contribution is 6.21. The number of nitrogens with zero attached hydrogens (tertiary/aromatic N) is 4. The minimum Gasteiger partial charge on any atom is -0.493 e. The molecule has 2 amide bonds. The molecule has 0 unspecified atom stereocenters. The number of likely N-dealkylation sites (N-methyl/N-ethyl adjacent to an activating group) is 1. The molecule has 0 saturated carbocycles.